The Bertz CT molecular complexity index is 441. The molecule has 2 rings (SSSR count). The predicted octanol–water partition coefficient (Wildman–Crippen LogP) is 0.888. The molecule has 0 atom stereocenters. The van der Waals surface area contributed by atoms with Gasteiger partial charge in [0.1, 0.15) is 0 Å². The molecular weight excluding hydrogens is 226 g/mol. The van der Waals surface area contributed by atoms with E-state index in [0.29, 0.717) is 11.6 Å². The third-order valence-corrected chi connectivity index (χ3v) is 3.68. The van der Waals surface area contributed by atoms with Crippen molar-refractivity contribution in [2.24, 2.45) is 5.73 Å². The summed E-state index contributed by atoms with van der Waals surface area (Å²) < 4.78 is 0. The lowest BCUT2D eigenvalue weighted by atomic mass is 10.0. The number of amides is 1. The van der Waals surface area contributed by atoms with Crippen molar-refractivity contribution in [3.05, 3.63) is 34.9 Å². The van der Waals surface area contributed by atoms with E-state index in [1.807, 2.05) is 25.1 Å². The summed E-state index contributed by atoms with van der Waals surface area (Å²) in [7, 11) is 0. The predicted molar refractivity (Wildman–Crippen MR) is 72.4 cm³/mol. The van der Waals surface area contributed by atoms with Gasteiger partial charge in [0, 0.05) is 31.2 Å². The Morgan fingerprint density at radius 1 is 1.50 bits per heavy atom. The Hall–Kier alpha value is -1.39. The molecule has 0 bridgehead atoms. The number of primary amides is 1. The first-order valence-corrected chi connectivity index (χ1v) is 6.46. The van der Waals surface area contributed by atoms with E-state index in [0.717, 1.165) is 31.7 Å². The van der Waals surface area contributed by atoms with Crippen LogP contribution in [0.4, 0.5) is 0 Å². The van der Waals surface area contributed by atoms with Crippen LogP contribution in [0.1, 0.15) is 28.4 Å². The monoisotopic (exact) mass is 247 g/mol. The lowest BCUT2D eigenvalue weighted by molar-refractivity contribution is 0.1000. The molecule has 4 heteroatoms. The van der Waals surface area contributed by atoms with Crippen LogP contribution in [0.2, 0.25) is 0 Å². The number of nitrogens with zero attached hydrogens (tertiary/aromatic N) is 1. The fourth-order valence-electron chi connectivity index (χ4n) is 2.28. The van der Waals surface area contributed by atoms with Crippen molar-refractivity contribution in [2.45, 2.75) is 26.4 Å². The summed E-state index contributed by atoms with van der Waals surface area (Å²) in [6.45, 7) is 8.36. The highest BCUT2D eigenvalue weighted by Crippen LogP contribution is 2.16. The molecule has 18 heavy (non-hydrogen) atoms. The van der Waals surface area contributed by atoms with Gasteiger partial charge in [0.05, 0.1) is 0 Å². The van der Waals surface area contributed by atoms with Gasteiger partial charge in [-0.1, -0.05) is 13.0 Å². The molecule has 1 amide bonds. The van der Waals surface area contributed by atoms with E-state index in [1.54, 1.807) is 0 Å². The van der Waals surface area contributed by atoms with Crippen molar-refractivity contribution in [1.82, 2.24) is 10.2 Å². The normalized spacial score (nSPS) is 15.7. The molecule has 0 saturated carbocycles. The first-order chi connectivity index (χ1) is 8.61. The number of nitrogens with one attached hydrogen (secondary N) is 1. The number of benzene rings is 1. The molecule has 0 radical (unpaired) electrons. The molecule has 4 nitrogen and oxygen atoms in total. The summed E-state index contributed by atoms with van der Waals surface area (Å²) in [5, 5.41) is 3.30. The topological polar surface area (TPSA) is 58.4 Å². The van der Waals surface area contributed by atoms with Crippen molar-refractivity contribution in [1.29, 1.82) is 0 Å². The van der Waals surface area contributed by atoms with Crippen LogP contribution in [0.15, 0.2) is 18.2 Å². The van der Waals surface area contributed by atoms with Gasteiger partial charge in [0.2, 0.25) is 5.91 Å². The zero-order chi connectivity index (χ0) is 13.1. The van der Waals surface area contributed by atoms with Crippen molar-refractivity contribution in [3.63, 3.8) is 0 Å². The van der Waals surface area contributed by atoms with E-state index in [-0.39, 0.29) is 5.91 Å². The van der Waals surface area contributed by atoms with E-state index < -0.39 is 0 Å². The average molecular weight is 247 g/mol. The molecule has 1 aromatic rings. The Morgan fingerprint density at radius 3 is 2.67 bits per heavy atom. The minimum absolute atomic E-state index is 0.361. The van der Waals surface area contributed by atoms with Gasteiger partial charge in [0.15, 0.2) is 0 Å². The minimum Gasteiger partial charge on any atom is -0.366 e. The summed E-state index contributed by atoms with van der Waals surface area (Å²) in [5.41, 5.74) is 8.28. The number of likely N-dealkylation sites (N-methyl/N-ethyl adjacent to an activating group) is 1. The van der Waals surface area contributed by atoms with Crippen LogP contribution in [0.25, 0.3) is 0 Å². The smallest absolute Gasteiger partial charge is 0.248 e. The van der Waals surface area contributed by atoms with Crippen LogP contribution in [0.5, 0.6) is 0 Å². The van der Waals surface area contributed by atoms with E-state index in [4.69, 9.17) is 5.73 Å². The number of hydrogen-bond donors (Lipinski definition) is 2. The summed E-state index contributed by atoms with van der Waals surface area (Å²) in [4.78, 5) is 13.6. The molecule has 98 valence electrons. The van der Waals surface area contributed by atoms with E-state index >= 15 is 0 Å². The molecule has 1 saturated heterocycles. The highest BCUT2D eigenvalue weighted by atomic mass is 16.1. The fraction of sp³-hybridized carbons (Fsp3) is 0.500. The third-order valence-electron chi connectivity index (χ3n) is 3.68. The molecule has 1 fully saturated rings. The molecule has 0 spiro atoms. The summed E-state index contributed by atoms with van der Waals surface area (Å²) in [6.07, 6.45) is 0. The second-order valence-corrected chi connectivity index (χ2v) is 4.88. The van der Waals surface area contributed by atoms with Gasteiger partial charge in [-0.25, -0.2) is 0 Å². The zero-order valence-electron chi connectivity index (χ0n) is 11.1. The third kappa shape index (κ3) is 2.71. The summed E-state index contributed by atoms with van der Waals surface area (Å²) in [5.74, 6) is -0.361. The Balaban J connectivity index is 2.10. The summed E-state index contributed by atoms with van der Waals surface area (Å²) in [6, 6.07) is 6.36. The van der Waals surface area contributed by atoms with Gasteiger partial charge in [0.25, 0.3) is 0 Å². The van der Waals surface area contributed by atoms with Gasteiger partial charge >= 0.3 is 0 Å². The van der Waals surface area contributed by atoms with E-state index in [1.165, 1.54) is 5.56 Å². The first-order valence-electron chi connectivity index (χ1n) is 6.46. The second-order valence-electron chi connectivity index (χ2n) is 4.88. The second kappa shape index (κ2) is 5.50. The number of aryl methyl sites for hydroxylation is 1. The molecule has 1 heterocycles. The molecule has 1 aliphatic rings. The largest absolute Gasteiger partial charge is 0.366 e. The molecule has 0 unspecified atom stereocenters. The Labute approximate surface area is 108 Å². The standard InChI is InChI=1S/C14H21N3O/c1-3-17(13-7-16-8-13)9-12-5-4-11(14(15)18)6-10(12)2/h4-6,13,16H,3,7-9H2,1-2H3,(H2,15,18). The molecule has 1 aromatic carbocycles. The fourth-order valence-corrected chi connectivity index (χ4v) is 2.28. The lowest BCUT2D eigenvalue weighted by Gasteiger charge is -2.38. The molecular formula is C14H21N3O. The van der Waals surface area contributed by atoms with Crippen molar-refractivity contribution < 1.29 is 4.79 Å². The van der Waals surface area contributed by atoms with Crippen LogP contribution in [-0.4, -0.2) is 36.5 Å². The van der Waals surface area contributed by atoms with Gasteiger partial charge in [-0.05, 0) is 36.7 Å². The quantitative estimate of drug-likeness (QED) is 0.812. The number of rotatable bonds is 5. The Morgan fingerprint density at radius 2 is 2.22 bits per heavy atom. The van der Waals surface area contributed by atoms with Crippen LogP contribution < -0.4 is 11.1 Å². The van der Waals surface area contributed by atoms with Gasteiger partial charge < -0.3 is 11.1 Å². The Kier molecular flexibility index (Phi) is 3.99. The maximum Gasteiger partial charge on any atom is 0.248 e. The van der Waals surface area contributed by atoms with Crippen LogP contribution in [0, 0.1) is 6.92 Å². The first kappa shape index (κ1) is 13.1. The molecule has 0 aromatic heterocycles. The SMILES string of the molecule is CCN(Cc1ccc(C(N)=O)cc1C)C1CNC1. The van der Waals surface area contributed by atoms with Gasteiger partial charge in [-0.2, -0.15) is 0 Å². The van der Waals surface area contributed by atoms with Crippen LogP contribution in [-0.2, 0) is 6.54 Å². The van der Waals surface area contributed by atoms with Crippen LogP contribution in [0.3, 0.4) is 0 Å². The number of hydrogen-bond acceptors (Lipinski definition) is 3. The summed E-state index contributed by atoms with van der Waals surface area (Å²) >= 11 is 0. The number of nitrogens with two attached hydrogens (primary N) is 1. The average Bonchev–Trinajstić information content (AvgIpc) is 2.27. The van der Waals surface area contributed by atoms with E-state index in [2.05, 4.69) is 17.1 Å². The van der Waals surface area contributed by atoms with Crippen molar-refractivity contribution in [3.8, 4) is 0 Å². The maximum atomic E-state index is 11.1. The van der Waals surface area contributed by atoms with Gasteiger partial charge in [-0.15, -0.1) is 0 Å². The van der Waals surface area contributed by atoms with Crippen molar-refractivity contribution in [2.75, 3.05) is 19.6 Å². The minimum atomic E-state index is -0.361. The number of carbonyl (C=O) groups excluding carboxylic acids is 1. The van der Waals surface area contributed by atoms with Crippen molar-refractivity contribution >= 4 is 5.91 Å². The molecule has 3 N–H and O–H groups in total. The van der Waals surface area contributed by atoms with E-state index in [9.17, 15) is 4.79 Å². The zero-order valence-corrected chi connectivity index (χ0v) is 11.1. The van der Waals surface area contributed by atoms with Crippen LogP contribution >= 0.6 is 0 Å². The lowest BCUT2D eigenvalue weighted by Crippen LogP contribution is -2.56. The highest BCUT2D eigenvalue weighted by Gasteiger charge is 2.23. The highest BCUT2D eigenvalue weighted by molar-refractivity contribution is 5.93. The van der Waals surface area contributed by atoms with Gasteiger partial charge in [-0.3, -0.25) is 9.69 Å². The molecule has 1 aliphatic heterocycles. The number of carbonyl (C=O) groups is 1. The maximum absolute atomic E-state index is 11.1. The molecule has 0 aliphatic carbocycles.